The Morgan fingerprint density at radius 3 is 2.39 bits per heavy atom. The first-order valence-corrected chi connectivity index (χ1v) is 12.1. The largest absolute Gasteiger partial charge is 0.460 e. The molecule has 0 saturated carbocycles. The van der Waals surface area contributed by atoms with Gasteiger partial charge in [0.25, 0.3) is 0 Å². The van der Waals surface area contributed by atoms with Crippen LogP contribution in [0.25, 0.3) is 11.0 Å². The van der Waals surface area contributed by atoms with Gasteiger partial charge in [-0.15, -0.1) is 0 Å². The van der Waals surface area contributed by atoms with Crippen LogP contribution in [0.4, 0.5) is 5.82 Å². The fourth-order valence-electron chi connectivity index (χ4n) is 4.38. The molecule has 178 valence electrons. The second-order valence-corrected chi connectivity index (χ2v) is 9.35. The van der Waals surface area contributed by atoms with Gasteiger partial charge in [0.2, 0.25) is 0 Å². The van der Waals surface area contributed by atoms with Gasteiger partial charge in [-0.1, -0.05) is 37.6 Å². The van der Waals surface area contributed by atoms with Gasteiger partial charge in [0.1, 0.15) is 11.9 Å². The van der Waals surface area contributed by atoms with E-state index in [1.165, 1.54) is 37.1 Å². The molecule has 1 aliphatic rings. The van der Waals surface area contributed by atoms with Crippen LogP contribution in [0.1, 0.15) is 50.2 Å². The van der Waals surface area contributed by atoms with Crippen molar-refractivity contribution in [2.45, 2.75) is 58.2 Å². The number of hydrogen-bond acceptors (Lipinski definition) is 7. The molecule has 1 aliphatic heterocycles. The normalized spacial score (nSPS) is 15.5. The number of likely N-dealkylation sites (tertiary alicyclic amines) is 1. The van der Waals surface area contributed by atoms with Crippen molar-refractivity contribution in [3.8, 4) is 6.01 Å². The van der Waals surface area contributed by atoms with Crippen LogP contribution in [0.5, 0.6) is 6.01 Å². The van der Waals surface area contributed by atoms with Gasteiger partial charge in [-0.05, 0) is 64.0 Å². The van der Waals surface area contributed by atoms with Gasteiger partial charge in [0, 0.05) is 13.1 Å². The van der Waals surface area contributed by atoms with Crippen molar-refractivity contribution in [2.24, 2.45) is 0 Å². The maximum absolute atomic E-state index is 6.24. The summed E-state index contributed by atoms with van der Waals surface area (Å²) in [5.74, 6) is 0.407. The van der Waals surface area contributed by atoms with Gasteiger partial charge < -0.3 is 15.4 Å². The molecule has 0 spiro atoms. The zero-order valence-corrected chi connectivity index (χ0v) is 20.2. The van der Waals surface area contributed by atoms with Crippen molar-refractivity contribution in [3.05, 3.63) is 41.6 Å². The Hall–Kier alpha value is -2.71. The molecule has 8 nitrogen and oxygen atoms in total. The molecule has 3 heterocycles. The lowest BCUT2D eigenvalue weighted by molar-refractivity contribution is 0.153. The zero-order chi connectivity index (χ0) is 23.2. The number of ether oxygens (including phenoxy) is 1. The molecule has 2 N–H and O–H groups in total. The van der Waals surface area contributed by atoms with E-state index in [2.05, 4.69) is 65.2 Å². The third kappa shape index (κ3) is 6.21. The van der Waals surface area contributed by atoms with E-state index < -0.39 is 0 Å². The lowest BCUT2D eigenvalue weighted by Gasteiger charge is -2.19. The number of hydrogen-bond donors (Lipinski definition) is 1. The smallest absolute Gasteiger partial charge is 0.320 e. The molecule has 0 unspecified atom stereocenters. The summed E-state index contributed by atoms with van der Waals surface area (Å²) in [4.78, 5) is 13.8. The zero-order valence-electron chi connectivity index (χ0n) is 20.2. The molecule has 1 aromatic carbocycles. The number of rotatable bonds is 11. The Bertz CT molecular complexity index is 1030. The van der Waals surface area contributed by atoms with Crippen molar-refractivity contribution in [1.29, 1.82) is 0 Å². The molecule has 33 heavy (non-hydrogen) atoms. The lowest BCUT2D eigenvalue weighted by Crippen LogP contribution is -2.24. The minimum absolute atomic E-state index is 0.0637. The second kappa shape index (κ2) is 10.9. The van der Waals surface area contributed by atoms with E-state index in [9.17, 15) is 0 Å². The lowest BCUT2D eigenvalue weighted by atomic mass is 10.1. The third-order valence-electron chi connectivity index (χ3n) is 6.25. The molecule has 0 bridgehead atoms. The first-order valence-electron chi connectivity index (χ1n) is 12.1. The van der Waals surface area contributed by atoms with E-state index in [4.69, 9.17) is 15.5 Å². The summed E-state index contributed by atoms with van der Waals surface area (Å²) >= 11 is 0. The van der Waals surface area contributed by atoms with Gasteiger partial charge >= 0.3 is 6.01 Å². The number of fused-ring (bicyclic) bond motifs is 1. The van der Waals surface area contributed by atoms with Crippen LogP contribution in [-0.4, -0.2) is 69.4 Å². The number of anilines is 1. The summed E-state index contributed by atoms with van der Waals surface area (Å²) in [6.45, 7) is 7.19. The molecule has 1 fully saturated rings. The Morgan fingerprint density at radius 1 is 1.03 bits per heavy atom. The summed E-state index contributed by atoms with van der Waals surface area (Å²) in [7, 11) is 4.14. The second-order valence-electron chi connectivity index (χ2n) is 9.35. The van der Waals surface area contributed by atoms with E-state index in [1.807, 2.05) is 4.68 Å². The SMILES string of the molecule is CCC[C@H](CCN(C)C)Oc1nc(N)c2cnn(Cc3ccc(CN4CCCC4)cc3)c2n1. The van der Waals surface area contributed by atoms with Crippen LogP contribution in [0.3, 0.4) is 0 Å². The van der Waals surface area contributed by atoms with Crippen molar-refractivity contribution in [2.75, 3.05) is 39.5 Å². The Balaban J connectivity index is 1.48. The number of benzene rings is 1. The van der Waals surface area contributed by atoms with Gasteiger partial charge in [-0.3, -0.25) is 4.90 Å². The highest BCUT2D eigenvalue weighted by atomic mass is 16.5. The van der Waals surface area contributed by atoms with Crippen molar-refractivity contribution in [3.63, 3.8) is 0 Å². The highest BCUT2D eigenvalue weighted by Crippen LogP contribution is 2.23. The van der Waals surface area contributed by atoms with E-state index in [-0.39, 0.29) is 6.10 Å². The topological polar surface area (TPSA) is 85.3 Å². The van der Waals surface area contributed by atoms with Crippen LogP contribution in [0.15, 0.2) is 30.5 Å². The summed E-state index contributed by atoms with van der Waals surface area (Å²) in [5, 5.41) is 5.29. The molecule has 1 atom stereocenters. The van der Waals surface area contributed by atoms with Gasteiger partial charge in [-0.25, -0.2) is 4.68 Å². The monoisotopic (exact) mass is 451 g/mol. The first kappa shape index (κ1) is 23.4. The summed E-state index contributed by atoms with van der Waals surface area (Å²) in [6.07, 6.45) is 7.36. The highest BCUT2D eigenvalue weighted by Gasteiger charge is 2.17. The molecule has 0 aliphatic carbocycles. The fraction of sp³-hybridized carbons (Fsp3) is 0.560. The van der Waals surface area contributed by atoms with E-state index in [0.717, 1.165) is 37.7 Å². The molecule has 2 aromatic heterocycles. The van der Waals surface area contributed by atoms with Gasteiger partial charge in [0.05, 0.1) is 18.1 Å². The third-order valence-corrected chi connectivity index (χ3v) is 6.25. The molecular weight excluding hydrogens is 414 g/mol. The molecule has 0 radical (unpaired) electrons. The minimum atomic E-state index is 0.0637. The summed E-state index contributed by atoms with van der Waals surface area (Å²) in [5.41, 5.74) is 9.48. The van der Waals surface area contributed by atoms with Crippen molar-refractivity contribution in [1.82, 2.24) is 29.5 Å². The van der Waals surface area contributed by atoms with E-state index in [1.54, 1.807) is 6.20 Å². The van der Waals surface area contributed by atoms with E-state index >= 15 is 0 Å². The first-order chi connectivity index (χ1) is 16.0. The van der Waals surface area contributed by atoms with Crippen LogP contribution in [0.2, 0.25) is 0 Å². The van der Waals surface area contributed by atoms with Crippen LogP contribution in [0, 0.1) is 0 Å². The maximum Gasteiger partial charge on any atom is 0.320 e. The fourth-order valence-corrected chi connectivity index (χ4v) is 4.38. The number of nitrogen functional groups attached to an aromatic ring is 1. The molecule has 1 saturated heterocycles. The summed E-state index contributed by atoms with van der Waals surface area (Å²) in [6, 6.07) is 9.13. The van der Waals surface area contributed by atoms with Gasteiger partial charge in [-0.2, -0.15) is 15.1 Å². The average Bonchev–Trinajstić information content (AvgIpc) is 3.44. The Labute approximate surface area is 196 Å². The quantitative estimate of drug-likeness (QED) is 0.477. The van der Waals surface area contributed by atoms with Crippen molar-refractivity contribution < 1.29 is 4.74 Å². The Morgan fingerprint density at radius 2 is 1.73 bits per heavy atom. The minimum Gasteiger partial charge on any atom is -0.460 e. The van der Waals surface area contributed by atoms with Crippen molar-refractivity contribution >= 4 is 16.9 Å². The molecule has 3 aromatic rings. The Kier molecular flexibility index (Phi) is 7.77. The maximum atomic E-state index is 6.24. The average molecular weight is 452 g/mol. The number of aromatic nitrogens is 4. The number of nitrogens with two attached hydrogens (primary N) is 1. The van der Waals surface area contributed by atoms with Gasteiger partial charge in [0.15, 0.2) is 5.65 Å². The molecule has 4 rings (SSSR count). The summed E-state index contributed by atoms with van der Waals surface area (Å²) < 4.78 is 8.05. The van der Waals surface area contributed by atoms with Crippen LogP contribution >= 0.6 is 0 Å². The van der Waals surface area contributed by atoms with E-state index in [0.29, 0.717) is 24.0 Å². The predicted octanol–water partition coefficient (Wildman–Crippen LogP) is 3.55. The van der Waals surface area contributed by atoms with Crippen LogP contribution < -0.4 is 10.5 Å². The molecular formula is C25H37N7O. The number of nitrogens with zero attached hydrogens (tertiary/aromatic N) is 6. The highest BCUT2D eigenvalue weighted by molar-refractivity contribution is 5.85. The molecule has 8 heteroatoms. The molecule has 0 amide bonds. The van der Waals surface area contributed by atoms with Crippen LogP contribution in [-0.2, 0) is 13.1 Å². The standard InChI is InChI=1S/C25H37N7O/c1-4-7-21(12-15-30(2)3)33-25-28-23(26)22-16-27-32(24(22)29-25)18-20-10-8-19(9-11-20)17-31-13-5-6-14-31/h8-11,16,21H,4-7,12-15,17-18H2,1-3H3,(H2,26,28,29)/t21-/m1/s1. The predicted molar refractivity (Wildman–Crippen MR) is 132 cm³/mol.